The molecule has 3 N–H and O–H groups in total. The lowest BCUT2D eigenvalue weighted by Crippen LogP contribution is -2.10. The van der Waals surface area contributed by atoms with E-state index >= 15 is 0 Å². The zero-order valence-electron chi connectivity index (χ0n) is 6.34. The lowest BCUT2D eigenvalue weighted by molar-refractivity contribution is -0.135. The predicted octanol–water partition coefficient (Wildman–Crippen LogP) is 0.836. The summed E-state index contributed by atoms with van der Waals surface area (Å²) in [5, 5.41) is 7.60. The number of hydrogen-bond donors (Lipinski definition) is 2. The summed E-state index contributed by atoms with van der Waals surface area (Å²) in [5.74, 6) is 0.167. The van der Waals surface area contributed by atoms with E-state index in [1.807, 2.05) is 0 Å². The predicted molar refractivity (Wildman–Crippen MR) is 39.7 cm³/mol. The second kappa shape index (κ2) is 5.23. The smallest absolute Gasteiger partial charge is 0.317 e. The van der Waals surface area contributed by atoms with Gasteiger partial charge in [0, 0.05) is 0 Å². The van der Waals surface area contributed by atoms with Crippen LogP contribution in [0.5, 0.6) is 0 Å². The Morgan fingerprint density at radius 2 is 2.10 bits per heavy atom. The van der Waals surface area contributed by atoms with E-state index in [9.17, 15) is 4.79 Å². The van der Waals surface area contributed by atoms with Gasteiger partial charge in [-0.05, 0) is 5.92 Å². The standard InChI is InChI=1S/C5H10.C2H5NO2/c1-2-5-3-4-5;3-1-2(4)5/h5H,2-4H2,1H3;1,3H2,(H,4,5). The normalized spacial score (nSPS) is 15.4. The molecular weight excluding hydrogens is 130 g/mol. The van der Waals surface area contributed by atoms with Crippen LogP contribution in [0.15, 0.2) is 0 Å². The van der Waals surface area contributed by atoms with Gasteiger partial charge >= 0.3 is 5.97 Å². The van der Waals surface area contributed by atoms with Crippen molar-refractivity contribution in [2.24, 2.45) is 11.7 Å². The van der Waals surface area contributed by atoms with Crippen molar-refractivity contribution in [1.82, 2.24) is 0 Å². The van der Waals surface area contributed by atoms with Crippen LogP contribution in [-0.4, -0.2) is 17.6 Å². The summed E-state index contributed by atoms with van der Waals surface area (Å²) in [7, 11) is 0. The van der Waals surface area contributed by atoms with E-state index in [4.69, 9.17) is 5.11 Å². The van der Waals surface area contributed by atoms with Gasteiger partial charge in [0.25, 0.3) is 0 Å². The van der Waals surface area contributed by atoms with E-state index in [1.54, 1.807) is 0 Å². The maximum atomic E-state index is 9.24. The summed E-state index contributed by atoms with van der Waals surface area (Å²) in [4.78, 5) is 9.24. The maximum Gasteiger partial charge on any atom is 0.317 e. The Hall–Kier alpha value is -0.570. The molecule has 0 aromatic heterocycles. The highest BCUT2D eigenvalue weighted by atomic mass is 16.4. The van der Waals surface area contributed by atoms with E-state index in [0.717, 1.165) is 5.92 Å². The van der Waals surface area contributed by atoms with Crippen molar-refractivity contribution in [3.8, 4) is 0 Å². The van der Waals surface area contributed by atoms with E-state index in [-0.39, 0.29) is 6.54 Å². The topological polar surface area (TPSA) is 63.3 Å². The van der Waals surface area contributed by atoms with Crippen molar-refractivity contribution in [2.45, 2.75) is 26.2 Å². The van der Waals surface area contributed by atoms with Crippen LogP contribution in [0.25, 0.3) is 0 Å². The molecule has 1 saturated carbocycles. The van der Waals surface area contributed by atoms with Gasteiger partial charge in [0.1, 0.15) is 0 Å². The average Bonchev–Trinajstić information content (AvgIpc) is 2.70. The fourth-order valence-electron chi connectivity index (χ4n) is 0.526. The van der Waals surface area contributed by atoms with Crippen molar-refractivity contribution in [2.75, 3.05) is 6.54 Å². The summed E-state index contributed by atoms with van der Waals surface area (Å²) in [6.07, 6.45) is 4.44. The summed E-state index contributed by atoms with van der Waals surface area (Å²) in [5.41, 5.74) is 4.57. The highest BCUT2D eigenvalue weighted by Crippen LogP contribution is 2.31. The molecule has 3 heteroatoms. The molecule has 1 aliphatic rings. The Morgan fingerprint density at radius 3 is 2.10 bits per heavy atom. The monoisotopic (exact) mass is 145 g/mol. The molecule has 0 heterocycles. The molecule has 1 rings (SSSR count). The minimum atomic E-state index is -0.968. The largest absolute Gasteiger partial charge is 0.480 e. The van der Waals surface area contributed by atoms with Crippen LogP contribution in [0.1, 0.15) is 26.2 Å². The molecule has 10 heavy (non-hydrogen) atoms. The lowest BCUT2D eigenvalue weighted by atomic mass is 10.3. The number of nitrogens with two attached hydrogens (primary N) is 1. The molecule has 0 bridgehead atoms. The summed E-state index contributed by atoms with van der Waals surface area (Å²) >= 11 is 0. The summed E-state index contributed by atoms with van der Waals surface area (Å²) in [6.45, 7) is 1.98. The van der Waals surface area contributed by atoms with E-state index < -0.39 is 5.97 Å². The number of hydrogen-bond acceptors (Lipinski definition) is 2. The quantitative estimate of drug-likeness (QED) is 0.605. The van der Waals surface area contributed by atoms with Crippen molar-refractivity contribution in [3.05, 3.63) is 0 Å². The van der Waals surface area contributed by atoms with Crippen LogP contribution < -0.4 is 5.73 Å². The molecule has 0 aliphatic heterocycles. The zero-order chi connectivity index (χ0) is 7.98. The van der Waals surface area contributed by atoms with E-state index in [1.165, 1.54) is 19.3 Å². The third kappa shape index (κ3) is 7.43. The second-order valence-electron chi connectivity index (χ2n) is 2.45. The van der Waals surface area contributed by atoms with Crippen LogP contribution >= 0.6 is 0 Å². The Morgan fingerprint density at radius 1 is 1.70 bits per heavy atom. The first-order valence-corrected chi connectivity index (χ1v) is 3.62. The van der Waals surface area contributed by atoms with Crippen molar-refractivity contribution < 1.29 is 9.90 Å². The molecule has 1 aliphatic carbocycles. The molecular formula is C7H15NO2. The first-order chi connectivity index (χ1) is 4.70. The van der Waals surface area contributed by atoms with E-state index in [2.05, 4.69) is 12.7 Å². The van der Waals surface area contributed by atoms with Crippen LogP contribution in [0.2, 0.25) is 0 Å². The molecule has 0 radical (unpaired) electrons. The van der Waals surface area contributed by atoms with Gasteiger partial charge < -0.3 is 10.8 Å². The van der Waals surface area contributed by atoms with Gasteiger partial charge in [-0.25, -0.2) is 0 Å². The fraction of sp³-hybridized carbons (Fsp3) is 0.857. The van der Waals surface area contributed by atoms with Crippen LogP contribution in [0, 0.1) is 5.92 Å². The van der Waals surface area contributed by atoms with Crippen molar-refractivity contribution >= 4 is 5.97 Å². The summed E-state index contributed by atoms with van der Waals surface area (Å²) < 4.78 is 0. The van der Waals surface area contributed by atoms with Crippen LogP contribution in [-0.2, 0) is 4.79 Å². The maximum absolute atomic E-state index is 9.24. The van der Waals surface area contributed by atoms with Crippen molar-refractivity contribution in [1.29, 1.82) is 0 Å². The number of rotatable bonds is 2. The number of aliphatic carboxylic acids is 1. The lowest BCUT2D eigenvalue weighted by Gasteiger charge is -1.73. The third-order valence-corrected chi connectivity index (χ3v) is 1.45. The summed E-state index contributed by atoms with van der Waals surface area (Å²) in [6, 6.07) is 0. The highest BCUT2D eigenvalue weighted by Gasteiger charge is 2.17. The first-order valence-electron chi connectivity index (χ1n) is 3.62. The van der Waals surface area contributed by atoms with Gasteiger partial charge in [0.15, 0.2) is 0 Å². The van der Waals surface area contributed by atoms with E-state index in [0.29, 0.717) is 0 Å². The number of carbonyl (C=O) groups is 1. The van der Waals surface area contributed by atoms with Gasteiger partial charge in [0.05, 0.1) is 6.54 Å². The fourth-order valence-corrected chi connectivity index (χ4v) is 0.526. The SMILES string of the molecule is CCC1CC1.NCC(=O)O. The molecule has 0 saturated heterocycles. The molecule has 60 valence electrons. The molecule has 0 aromatic carbocycles. The molecule has 0 atom stereocenters. The first kappa shape index (κ1) is 9.43. The van der Waals surface area contributed by atoms with Gasteiger partial charge in [-0.15, -0.1) is 0 Å². The molecule has 0 unspecified atom stereocenters. The van der Waals surface area contributed by atoms with Gasteiger partial charge in [-0.2, -0.15) is 0 Å². The molecule has 0 amide bonds. The van der Waals surface area contributed by atoms with Crippen LogP contribution in [0.4, 0.5) is 0 Å². The number of carboxylic acids is 1. The van der Waals surface area contributed by atoms with Crippen LogP contribution in [0.3, 0.4) is 0 Å². The minimum Gasteiger partial charge on any atom is -0.480 e. The molecule has 1 fully saturated rings. The number of carboxylic acid groups (broad SMARTS) is 1. The second-order valence-corrected chi connectivity index (χ2v) is 2.45. The molecule has 0 spiro atoms. The zero-order valence-corrected chi connectivity index (χ0v) is 6.34. The van der Waals surface area contributed by atoms with Crippen molar-refractivity contribution in [3.63, 3.8) is 0 Å². The third-order valence-electron chi connectivity index (χ3n) is 1.45. The molecule has 3 nitrogen and oxygen atoms in total. The minimum absolute atomic E-state index is 0.278. The molecule has 0 aromatic rings. The Balaban J connectivity index is 0.000000162. The average molecular weight is 145 g/mol. The van der Waals surface area contributed by atoms with Gasteiger partial charge in [-0.1, -0.05) is 26.2 Å². The Bertz CT molecular complexity index is 99.8. The Labute approximate surface area is 61.2 Å². The van der Waals surface area contributed by atoms with Gasteiger partial charge in [-0.3, -0.25) is 4.79 Å². The Kier molecular flexibility index (Phi) is 4.94. The highest BCUT2D eigenvalue weighted by molar-refractivity contribution is 5.68. The van der Waals surface area contributed by atoms with Gasteiger partial charge in [0.2, 0.25) is 0 Å².